The molecule has 1 saturated heterocycles. The Labute approximate surface area is 97.8 Å². The SMILES string of the molecule is CC(=O)CC(CC1CCSCC1)N(C)C. The zero-order valence-corrected chi connectivity index (χ0v) is 11.0. The Morgan fingerprint density at radius 1 is 1.40 bits per heavy atom. The highest BCUT2D eigenvalue weighted by molar-refractivity contribution is 7.99. The van der Waals surface area contributed by atoms with E-state index in [2.05, 4.69) is 30.8 Å². The first-order valence-corrected chi connectivity index (χ1v) is 6.98. The second-order valence-electron chi connectivity index (χ2n) is 4.82. The first-order chi connectivity index (χ1) is 7.09. The molecule has 0 N–H and O–H groups in total. The molecular weight excluding hydrogens is 206 g/mol. The fraction of sp³-hybridized carbons (Fsp3) is 0.917. The number of Topliss-reactive ketones (excluding diaryl/α,β-unsaturated/α-hetero) is 1. The summed E-state index contributed by atoms with van der Waals surface area (Å²) in [5.74, 6) is 3.78. The monoisotopic (exact) mass is 229 g/mol. The van der Waals surface area contributed by atoms with Crippen LogP contribution in [0.2, 0.25) is 0 Å². The van der Waals surface area contributed by atoms with Crippen molar-refractivity contribution in [3.8, 4) is 0 Å². The molecule has 0 radical (unpaired) electrons. The Morgan fingerprint density at radius 3 is 2.47 bits per heavy atom. The maximum Gasteiger partial charge on any atom is 0.131 e. The highest BCUT2D eigenvalue weighted by atomic mass is 32.2. The fourth-order valence-electron chi connectivity index (χ4n) is 2.18. The third kappa shape index (κ3) is 5.03. The molecule has 0 amide bonds. The van der Waals surface area contributed by atoms with Crippen LogP contribution in [0.1, 0.15) is 32.6 Å². The number of rotatable bonds is 5. The first kappa shape index (κ1) is 13.0. The second kappa shape index (κ2) is 6.54. The standard InChI is InChI=1S/C12H23NOS/c1-10(14)8-12(13(2)3)9-11-4-6-15-7-5-11/h11-12H,4-9H2,1-3H3. The molecule has 0 aliphatic carbocycles. The molecule has 88 valence electrons. The van der Waals surface area contributed by atoms with E-state index in [0.29, 0.717) is 11.8 Å². The number of carbonyl (C=O) groups excluding carboxylic acids is 1. The number of ketones is 1. The van der Waals surface area contributed by atoms with Crippen LogP contribution in [0.15, 0.2) is 0 Å². The van der Waals surface area contributed by atoms with Crippen molar-refractivity contribution in [3.63, 3.8) is 0 Å². The van der Waals surface area contributed by atoms with Crippen LogP contribution in [0.25, 0.3) is 0 Å². The summed E-state index contributed by atoms with van der Waals surface area (Å²) in [7, 11) is 4.18. The molecule has 1 aliphatic heterocycles. The van der Waals surface area contributed by atoms with Crippen LogP contribution in [0.4, 0.5) is 0 Å². The quantitative estimate of drug-likeness (QED) is 0.722. The summed E-state index contributed by atoms with van der Waals surface area (Å²) in [6.07, 6.45) is 4.60. The summed E-state index contributed by atoms with van der Waals surface area (Å²) in [4.78, 5) is 13.4. The van der Waals surface area contributed by atoms with E-state index in [0.717, 1.165) is 12.3 Å². The van der Waals surface area contributed by atoms with Crippen molar-refractivity contribution < 1.29 is 4.79 Å². The van der Waals surface area contributed by atoms with Crippen LogP contribution in [0.3, 0.4) is 0 Å². The largest absolute Gasteiger partial charge is 0.306 e. The average Bonchev–Trinajstić information content (AvgIpc) is 2.17. The van der Waals surface area contributed by atoms with Crippen LogP contribution in [0.5, 0.6) is 0 Å². The topological polar surface area (TPSA) is 20.3 Å². The Bertz CT molecular complexity index is 200. The highest BCUT2D eigenvalue weighted by Gasteiger charge is 2.21. The third-order valence-electron chi connectivity index (χ3n) is 3.20. The number of hydrogen-bond donors (Lipinski definition) is 0. The van der Waals surface area contributed by atoms with Crippen molar-refractivity contribution in [1.82, 2.24) is 4.90 Å². The molecule has 0 aromatic rings. The van der Waals surface area contributed by atoms with Gasteiger partial charge in [-0.1, -0.05) is 0 Å². The number of nitrogens with zero attached hydrogens (tertiary/aromatic N) is 1. The maximum atomic E-state index is 11.2. The van der Waals surface area contributed by atoms with E-state index in [1.807, 2.05) is 0 Å². The van der Waals surface area contributed by atoms with Crippen LogP contribution in [-0.2, 0) is 4.79 Å². The molecule has 0 aromatic heterocycles. The molecule has 1 aliphatic rings. The van der Waals surface area contributed by atoms with Gasteiger partial charge in [0, 0.05) is 12.5 Å². The minimum Gasteiger partial charge on any atom is -0.306 e. The molecule has 1 fully saturated rings. The molecule has 1 atom stereocenters. The zero-order chi connectivity index (χ0) is 11.3. The van der Waals surface area contributed by atoms with Crippen LogP contribution in [0, 0.1) is 5.92 Å². The fourth-order valence-corrected chi connectivity index (χ4v) is 3.38. The predicted octanol–water partition coefficient (Wildman–Crippen LogP) is 2.43. The predicted molar refractivity (Wildman–Crippen MR) is 67.4 cm³/mol. The van der Waals surface area contributed by atoms with Gasteiger partial charge in [0.05, 0.1) is 0 Å². The van der Waals surface area contributed by atoms with Gasteiger partial charge in [-0.25, -0.2) is 0 Å². The molecular formula is C12H23NOS. The molecule has 15 heavy (non-hydrogen) atoms. The van der Waals surface area contributed by atoms with Gasteiger partial charge < -0.3 is 4.90 Å². The smallest absolute Gasteiger partial charge is 0.131 e. The molecule has 0 spiro atoms. The van der Waals surface area contributed by atoms with Gasteiger partial charge in [-0.2, -0.15) is 11.8 Å². The van der Waals surface area contributed by atoms with Crippen molar-refractivity contribution in [2.75, 3.05) is 25.6 Å². The van der Waals surface area contributed by atoms with Crippen molar-refractivity contribution in [2.24, 2.45) is 5.92 Å². The van der Waals surface area contributed by atoms with Gasteiger partial charge in [-0.3, -0.25) is 4.79 Å². The van der Waals surface area contributed by atoms with E-state index in [-0.39, 0.29) is 0 Å². The summed E-state index contributed by atoms with van der Waals surface area (Å²) in [5.41, 5.74) is 0. The van der Waals surface area contributed by atoms with E-state index in [1.165, 1.54) is 30.8 Å². The summed E-state index contributed by atoms with van der Waals surface area (Å²) < 4.78 is 0. The van der Waals surface area contributed by atoms with Crippen molar-refractivity contribution in [1.29, 1.82) is 0 Å². The maximum absolute atomic E-state index is 11.2. The van der Waals surface area contributed by atoms with E-state index in [9.17, 15) is 4.79 Å². The third-order valence-corrected chi connectivity index (χ3v) is 4.25. The number of thioether (sulfide) groups is 1. The zero-order valence-electron chi connectivity index (χ0n) is 10.2. The molecule has 1 unspecified atom stereocenters. The minimum absolute atomic E-state index is 0.318. The first-order valence-electron chi connectivity index (χ1n) is 5.83. The van der Waals surface area contributed by atoms with Crippen LogP contribution >= 0.6 is 11.8 Å². The molecule has 1 rings (SSSR count). The minimum atomic E-state index is 0.318. The van der Waals surface area contributed by atoms with Crippen LogP contribution in [-0.4, -0.2) is 42.3 Å². The Kier molecular flexibility index (Phi) is 5.69. The lowest BCUT2D eigenvalue weighted by Gasteiger charge is -2.29. The van der Waals surface area contributed by atoms with E-state index >= 15 is 0 Å². The van der Waals surface area contributed by atoms with E-state index in [4.69, 9.17) is 0 Å². The van der Waals surface area contributed by atoms with Crippen molar-refractivity contribution in [2.45, 2.75) is 38.6 Å². The van der Waals surface area contributed by atoms with Gasteiger partial charge in [0.15, 0.2) is 0 Å². The van der Waals surface area contributed by atoms with Crippen molar-refractivity contribution >= 4 is 17.5 Å². The molecule has 1 heterocycles. The highest BCUT2D eigenvalue weighted by Crippen LogP contribution is 2.28. The summed E-state index contributed by atoms with van der Waals surface area (Å²) in [6, 6.07) is 0.454. The van der Waals surface area contributed by atoms with Gasteiger partial charge in [0.25, 0.3) is 0 Å². The van der Waals surface area contributed by atoms with E-state index < -0.39 is 0 Å². The van der Waals surface area contributed by atoms with Crippen molar-refractivity contribution in [3.05, 3.63) is 0 Å². The van der Waals surface area contributed by atoms with E-state index in [1.54, 1.807) is 6.92 Å². The lowest BCUT2D eigenvalue weighted by atomic mass is 9.91. The lowest BCUT2D eigenvalue weighted by Crippen LogP contribution is -2.32. The summed E-state index contributed by atoms with van der Waals surface area (Å²) in [5, 5.41) is 0. The van der Waals surface area contributed by atoms with Gasteiger partial charge >= 0.3 is 0 Å². The lowest BCUT2D eigenvalue weighted by molar-refractivity contribution is -0.118. The van der Waals surface area contributed by atoms with Gasteiger partial charge in [0.1, 0.15) is 5.78 Å². The Hall–Kier alpha value is -0.0200. The molecule has 0 saturated carbocycles. The molecule has 0 bridgehead atoms. The van der Waals surface area contributed by atoms with Gasteiger partial charge in [-0.15, -0.1) is 0 Å². The molecule has 3 heteroatoms. The molecule has 0 aromatic carbocycles. The summed E-state index contributed by atoms with van der Waals surface area (Å²) in [6.45, 7) is 1.70. The average molecular weight is 229 g/mol. The number of carbonyl (C=O) groups is 1. The second-order valence-corrected chi connectivity index (χ2v) is 6.04. The Balaban J connectivity index is 2.38. The van der Waals surface area contributed by atoms with Gasteiger partial charge in [-0.05, 0) is 57.7 Å². The normalized spacial score (nSPS) is 20.5. The number of hydrogen-bond acceptors (Lipinski definition) is 3. The van der Waals surface area contributed by atoms with Crippen LogP contribution < -0.4 is 0 Å². The van der Waals surface area contributed by atoms with Gasteiger partial charge in [0.2, 0.25) is 0 Å². The summed E-state index contributed by atoms with van der Waals surface area (Å²) >= 11 is 2.07. The Morgan fingerprint density at radius 2 is 2.00 bits per heavy atom. The molecule has 2 nitrogen and oxygen atoms in total.